The van der Waals surface area contributed by atoms with Gasteiger partial charge in [0.05, 0.1) is 22.6 Å². The summed E-state index contributed by atoms with van der Waals surface area (Å²) in [6, 6.07) is 8.77. The molecule has 0 saturated heterocycles. The summed E-state index contributed by atoms with van der Waals surface area (Å²) in [5, 5.41) is 15.6. The van der Waals surface area contributed by atoms with E-state index in [2.05, 4.69) is 20.8 Å². The quantitative estimate of drug-likeness (QED) is 0.532. The molecule has 0 spiro atoms. The van der Waals surface area contributed by atoms with E-state index in [0.29, 0.717) is 23.4 Å². The summed E-state index contributed by atoms with van der Waals surface area (Å²) in [5.74, 6) is -1.09. The number of pyridine rings is 1. The van der Waals surface area contributed by atoms with Gasteiger partial charge >= 0.3 is 0 Å². The van der Waals surface area contributed by atoms with Gasteiger partial charge in [0.2, 0.25) is 5.91 Å². The van der Waals surface area contributed by atoms with Gasteiger partial charge in [-0.05, 0) is 30.5 Å². The third kappa shape index (κ3) is 3.76. The van der Waals surface area contributed by atoms with Crippen LogP contribution in [0, 0.1) is 5.92 Å². The molecule has 1 saturated carbocycles. The summed E-state index contributed by atoms with van der Waals surface area (Å²) >= 11 is 0. The second-order valence-electron chi connectivity index (χ2n) is 8.52. The van der Waals surface area contributed by atoms with Crippen molar-refractivity contribution >= 4 is 34.7 Å². The Kier molecular flexibility index (Phi) is 4.45. The van der Waals surface area contributed by atoms with Gasteiger partial charge < -0.3 is 25.4 Å². The maximum Gasteiger partial charge on any atom is 0.273 e. The maximum atomic E-state index is 13.0. The Morgan fingerprint density at radius 3 is 2.74 bits per heavy atom. The van der Waals surface area contributed by atoms with Crippen molar-refractivity contribution in [3.05, 3.63) is 58.1 Å². The highest BCUT2D eigenvalue weighted by Gasteiger charge is 2.30. The van der Waals surface area contributed by atoms with E-state index in [1.165, 1.54) is 10.6 Å². The van der Waals surface area contributed by atoms with Crippen molar-refractivity contribution in [1.29, 1.82) is 0 Å². The van der Waals surface area contributed by atoms with Crippen LogP contribution in [0.25, 0.3) is 11.1 Å². The van der Waals surface area contributed by atoms with E-state index >= 15 is 0 Å². The molecule has 34 heavy (non-hydrogen) atoms. The molecule has 10 nitrogen and oxygen atoms in total. The van der Waals surface area contributed by atoms with Gasteiger partial charge in [-0.3, -0.25) is 14.4 Å². The fraction of sp³-hybridized carbons (Fsp3) is 0.292. The molecule has 2 aliphatic rings. The molecule has 174 valence electrons. The molecule has 10 heteroatoms. The SMILES string of the molecule is [2H]C([2H])([2H])NC(=O)c1nnc(NC(=O)C2CC2)cc1Nc1cccc2c1N(C)Cc1ccn(C)c(=O)c1-2. The number of para-hydroxylation sites is 1. The summed E-state index contributed by atoms with van der Waals surface area (Å²) in [6.45, 7) is -2.24. The number of hydrogen-bond donors (Lipinski definition) is 3. The molecular formula is C24H25N7O3. The summed E-state index contributed by atoms with van der Waals surface area (Å²) in [4.78, 5) is 40.0. The number of nitrogens with one attached hydrogen (secondary N) is 3. The summed E-state index contributed by atoms with van der Waals surface area (Å²) in [7, 11) is 3.58. The van der Waals surface area contributed by atoms with Gasteiger partial charge in [0, 0.05) is 55.5 Å². The van der Waals surface area contributed by atoms with Crippen molar-refractivity contribution in [3.8, 4) is 11.1 Å². The number of aryl methyl sites for hydroxylation is 1. The van der Waals surface area contributed by atoms with Crippen LogP contribution in [0.2, 0.25) is 0 Å². The van der Waals surface area contributed by atoms with E-state index in [9.17, 15) is 14.4 Å². The lowest BCUT2D eigenvalue weighted by Gasteiger charge is -2.31. The second-order valence-corrected chi connectivity index (χ2v) is 8.52. The van der Waals surface area contributed by atoms with Crippen molar-refractivity contribution in [2.75, 3.05) is 29.6 Å². The van der Waals surface area contributed by atoms with E-state index in [-0.39, 0.29) is 34.6 Å². The molecule has 3 aromatic rings. The summed E-state index contributed by atoms with van der Waals surface area (Å²) in [6.07, 6.45) is 3.33. The predicted molar refractivity (Wildman–Crippen MR) is 129 cm³/mol. The van der Waals surface area contributed by atoms with E-state index in [1.807, 2.05) is 29.4 Å². The Morgan fingerprint density at radius 2 is 1.97 bits per heavy atom. The number of carbonyl (C=O) groups is 2. The van der Waals surface area contributed by atoms with E-state index in [4.69, 9.17) is 4.11 Å². The minimum absolute atomic E-state index is 0.0748. The molecule has 5 rings (SSSR count). The van der Waals surface area contributed by atoms with Crippen LogP contribution in [-0.2, 0) is 18.4 Å². The molecule has 0 atom stereocenters. The van der Waals surface area contributed by atoms with Crippen LogP contribution in [0.5, 0.6) is 0 Å². The molecule has 3 heterocycles. The van der Waals surface area contributed by atoms with Crippen molar-refractivity contribution in [1.82, 2.24) is 20.1 Å². The van der Waals surface area contributed by atoms with E-state index < -0.39 is 12.9 Å². The van der Waals surface area contributed by atoms with Gasteiger partial charge in [-0.1, -0.05) is 12.1 Å². The molecule has 1 aliphatic heterocycles. The molecule has 0 bridgehead atoms. The zero-order chi connectivity index (χ0) is 26.5. The maximum absolute atomic E-state index is 13.0. The number of amides is 2. The van der Waals surface area contributed by atoms with Crippen LogP contribution in [-0.4, -0.2) is 40.6 Å². The van der Waals surface area contributed by atoms with Crippen molar-refractivity contribution < 1.29 is 13.7 Å². The monoisotopic (exact) mass is 462 g/mol. The highest BCUT2D eigenvalue weighted by molar-refractivity contribution is 6.01. The molecule has 3 N–H and O–H groups in total. The van der Waals surface area contributed by atoms with Crippen molar-refractivity contribution in [3.63, 3.8) is 0 Å². The molecule has 1 fully saturated rings. The largest absolute Gasteiger partial charge is 0.368 e. The average Bonchev–Trinajstić information content (AvgIpc) is 3.66. The zero-order valence-corrected chi connectivity index (χ0v) is 18.7. The molecule has 2 amide bonds. The Balaban J connectivity index is 1.58. The number of fused-ring (bicyclic) bond motifs is 3. The first-order valence-electron chi connectivity index (χ1n) is 12.3. The first-order valence-corrected chi connectivity index (χ1v) is 10.8. The van der Waals surface area contributed by atoms with Crippen LogP contribution in [0.3, 0.4) is 0 Å². The second kappa shape index (κ2) is 8.29. The molecule has 1 aliphatic carbocycles. The van der Waals surface area contributed by atoms with Gasteiger partial charge in [-0.2, -0.15) is 0 Å². The van der Waals surface area contributed by atoms with Gasteiger partial charge in [-0.15, -0.1) is 10.2 Å². The van der Waals surface area contributed by atoms with Crippen LogP contribution >= 0.6 is 0 Å². The molecular weight excluding hydrogens is 434 g/mol. The minimum atomic E-state index is -2.73. The van der Waals surface area contributed by atoms with Crippen molar-refractivity contribution in [2.24, 2.45) is 13.0 Å². The third-order valence-corrected chi connectivity index (χ3v) is 6.04. The number of carbonyl (C=O) groups excluding carboxylic acids is 2. The van der Waals surface area contributed by atoms with Gasteiger partial charge in [-0.25, -0.2) is 0 Å². The van der Waals surface area contributed by atoms with E-state index in [1.54, 1.807) is 25.4 Å². The molecule has 0 unspecified atom stereocenters. The number of rotatable bonds is 5. The number of nitrogens with zero attached hydrogens (tertiary/aromatic N) is 4. The van der Waals surface area contributed by atoms with Gasteiger partial charge in [0.1, 0.15) is 0 Å². The summed E-state index contributed by atoms with van der Waals surface area (Å²) in [5.41, 5.74) is 3.25. The Hall–Kier alpha value is -4.21. The highest BCUT2D eigenvalue weighted by atomic mass is 16.2. The lowest BCUT2D eigenvalue weighted by atomic mass is 9.94. The minimum Gasteiger partial charge on any atom is -0.368 e. The zero-order valence-electron chi connectivity index (χ0n) is 21.7. The third-order valence-electron chi connectivity index (χ3n) is 6.04. The van der Waals surface area contributed by atoms with Gasteiger partial charge in [0.25, 0.3) is 11.5 Å². The van der Waals surface area contributed by atoms with Crippen LogP contribution in [0.1, 0.15) is 33.0 Å². The van der Waals surface area contributed by atoms with Crippen LogP contribution < -0.4 is 26.4 Å². The standard InChI is InChI=1S/C24H25N7O3/c1-25-23(33)20-17(11-18(28-29-20)27-22(32)13-7-8-13)26-16-6-4-5-15-19-14(12-31(3)21(15)16)9-10-30(2)24(19)34/h4-6,9-11,13H,7-8,12H2,1-3H3,(H,25,33)(H2,26,27,28,32)/i1D3. The topological polar surface area (TPSA) is 121 Å². The summed E-state index contributed by atoms with van der Waals surface area (Å²) < 4.78 is 23.7. The normalized spacial score (nSPS) is 15.8. The molecule has 2 aromatic heterocycles. The number of anilines is 4. The Bertz CT molecular complexity index is 1480. The number of benzene rings is 1. The molecule has 1 aromatic carbocycles. The van der Waals surface area contributed by atoms with E-state index in [0.717, 1.165) is 24.1 Å². The predicted octanol–water partition coefficient (Wildman–Crippen LogP) is 2.24. The lowest BCUT2D eigenvalue weighted by molar-refractivity contribution is -0.117. The van der Waals surface area contributed by atoms with Crippen LogP contribution in [0.4, 0.5) is 22.9 Å². The average molecular weight is 463 g/mol. The fourth-order valence-electron chi connectivity index (χ4n) is 4.17. The first-order chi connectivity index (χ1) is 17.5. The highest BCUT2D eigenvalue weighted by Crippen LogP contribution is 2.42. The first kappa shape index (κ1) is 18.2. The Morgan fingerprint density at radius 1 is 1.15 bits per heavy atom. The van der Waals surface area contributed by atoms with Gasteiger partial charge in [0.15, 0.2) is 11.5 Å². The number of hydrogen-bond acceptors (Lipinski definition) is 7. The fourth-order valence-corrected chi connectivity index (χ4v) is 4.17. The Labute approximate surface area is 200 Å². The molecule has 0 radical (unpaired) electrons. The smallest absolute Gasteiger partial charge is 0.273 e. The van der Waals surface area contributed by atoms with Crippen molar-refractivity contribution in [2.45, 2.75) is 19.4 Å². The lowest BCUT2D eigenvalue weighted by Crippen LogP contribution is -2.29. The van der Waals surface area contributed by atoms with Crippen LogP contribution in [0.15, 0.2) is 41.3 Å². The number of aromatic nitrogens is 3.